The van der Waals surface area contributed by atoms with Crippen LogP contribution >= 0.6 is 0 Å². The molecule has 0 atom stereocenters. The minimum absolute atomic E-state index is 0.0130. The van der Waals surface area contributed by atoms with Gasteiger partial charge >= 0.3 is 0 Å². The molecule has 1 fully saturated rings. The van der Waals surface area contributed by atoms with Crippen molar-refractivity contribution in [1.29, 1.82) is 0 Å². The molecule has 3 rings (SSSR count). The average Bonchev–Trinajstić information content (AvgIpc) is 3.48. The molecule has 0 aromatic heterocycles. The molecule has 0 radical (unpaired) electrons. The van der Waals surface area contributed by atoms with Gasteiger partial charge in [0.25, 0.3) is 11.6 Å². The van der Waals surface area contributed by atoms with Gasteiger partial charge in [0.1, 0.15) is 0 Å². The van der Waals surface area contributed by atoms with E-state index < -0.39 is 10.8 Å². The van der Waals surface area contributed by atoms with Crippen LogP contribution < -0.4 is 15.5 Å². The molecule has 8 nitrogen and oxygen atoms in total. The third-order valence-electron chi connectivity index (χ3n) is 4.28. The molecule has 140 valence electrons. The minimum Gasteiger partial charge on any atom is -0.377 e. The molecular formula is C19H20N4O4. The topological polar surface area (TPSA) is 105 Å². The van der Waals surface area contributed by atoms with Crippen molar-refractivity contribution in [2.45, 2.75) is 12.8 Å². The monoisotopic (exact) mass is 368 g/mol. The van der Waals surface area contributed by atoms with Crippen LogP contribution in [0.2, 0.25) is 0 Å². The lowest BCUT2D eigenvalue weighted by atomic mass is 10.1. The zero-order valence-electron chi connectivity index (χ0n) is 15.1. The number of nitrogens with one attached hydrogen (secondary N) is 2. The van der Waals surface area contributed by atoms with E-state index in [4.69, 9.17) is 0 Å². The predicted molar refractivity (Wildman–Crippen MR) is 103 cm³/mol. The summed E-state index contributed by atoms with van der Waals surface area (Å²) in [6, 6.07) is 10.9. The second-order valence-electron chi connectivity index (χ2n) is 6.65. The molecule has 1 aliphatic carbocycles. The maximum atomic E-state index is 12.6. The fourth-order valence-electron chi connectivity index (χ4n) is 2.63. The van der Waals surface area contributed by atoms with E-state index >= 15 is 0 Å². The van der Waals surface area contributed by atoms with Crippen LogP contribution in [0.4, 0.5) is 22.7 Å². The van der Waals surface area contributed by atoms with Crippen molar-refractivity contribution in [3.63, 3.8) is 0 Å². The molecule has 1 aliphatic rings. The third-order valence-corrected chi connectivity index (χ3v) is 4.28. The third kappa shape index (κ3) is 4.41. The highest BCUT2D eigenvalue weighted by atomic mass is 16.6. The van der Waals surface area contributed by atoms with Crippen molar-refractivity contribution >= 4 is 34.6 Å². The number of anilines is 3. The van der Waals surface area contributed by atoms with Crippen LogP contribution in [0, 0.1) is 16.0 Å². The summed E-state index contributed by atoms with van der Waals surface area (Å²) in [5.41, 5.74) is 1.82. The molecular weight excluding hydrogens is 348 g/mol. The number of nitro groups is 1. The lowest BCUT2D eigenvalue weighted by Crippen LogP contribution is -2.19. The summed E-state index contributed by atoms with van der Waals surface area (Å²) in [7, 11) is 3.52. The van der Waals surface area contributed by atoms with E-state index in [1.54, 1.807) is 49.3 Å². The number of benzene rings is 2. The minimum atomic E-state index is -0.534. The second kappa shape index (κ2) is 7.45. The van der Waals surface area contributed by atoms with Crippen LogP contribution in [0.15, 0.2) is 42.5 Å². The molecule has 1 saturated carbocycles. The molecule has 2 aromatic rings. The van der Waals surface area contributed by atoms with E-state index in [0.29, 0.717) is 17.1 Å². The van der Waals surface area contributed by atoms with Crippen LogP contribution in [0.25, 0.3) is 0 Å². The molecule has 0 saturated heterocycles. The molecule has 0 aliphatic heterocycles. The molecule has 8 heteroatoms. The number of hydrogen-bond acceptors (Lipinski definition) is 5. The van der Waals surface area contributed by atoms with Gasteiger partial charge in [-0.3, -0.25) is 19.7 Å². The zero-order valence-corrected chi connectivity index (χ0v) is 15.1. The summed E-state index contributed by atoms with van der Waals surface area (Å²) in [5.74, 6) is -0.320. The molecule has 0 heterocycles. The molecule has 27 heavy (non-hydrogen) atoms. The van der Waals surface area contributed by atoms with Gasteiger partial charge in [0, 0.05) is 49.2 Å². The number of hydrogen-bond donors (Lipinski definition) is 2. The smallest absolute Gasteiger partial charge is 0.270 e. The first-order valence-corrected chi connectivity index (χ1v) is 8.53. The Labute approximate surface area is 156 Å². The van der Waals surface area contributed by atoms with Crippen molar-refractivity contribution in [2.24, 2.45) is 5.92 Å². The van der Waals surface area contributed by atoms with Gasteiger partial charge in [-0.1, -0.05) is 0 Å². The Morgan fingerprint density at radius 1 is 1.04 bits per heavy atom. The van der Waals surface area contributed by atoms with Gasteiger partial charge in [-0.2, -0.15) is 0 Å². The first-order chi connectivity index (χ1) is 12.8. The van der Waals surface area contributed by atoms with E-state index in [2.05, 4.69) is 10.6 Å². The van der Waals surface area contributed by atoms with Crippen LogP contribution in [-0.4, -0.2) is 30.8 Å². The molecule has 0 spiro atoms. The quantitative estimate of drug-likeness (QED) is 0.601. The van der Waals surface area contributed by atoms with Crippen LogP contribution in [-0.2, 0) is 4.79 Å². The fraction of sp³-hybridized carbons (Fsp3) is 0.263. The van der Waals surface area contributed by atoms with Gasteiger partial charge in [0.05, 0.1) is 10.5 Å². The fourth-order valence-corrected chi connectivity index (χ4v) is 2.63. The summed E-state index contributed by atoms with van der Waals surface area (Å²) >= 11 is 0. The highest BCUT2D eigenvalue weighted by molar-refractivity contribution is 6.08. The summed E-state index contributed by atoms with van der Waals surface area (Å²) in [5, 5.41) is 16.6. The van der Waals surface area contributed by atoms with Crippen molar-refractivity contribution in [2.75, 3.05) is 29.6 Å². The van der Waals surface area contributed by atoms with Gasteiger partial charge in [0.15, 0.2) is 0 Å². The van der Waals surface area contributed by atoms with Crippen LogP contribution in [0.3, 0.4) is 0 Å². The van der Waals surface area contributed by atoms with E-state index in [-0.39, 0.29) is 23.1 Å². The maximum Gasteiger partial charge on any atom is 0.270 e. The number of carbonyl (C=O) groups is 2. The summed E-state index contributed by atoms with van der Waals surface area (Å²) in [6.07, 6.45) is 1.86. The predicted octanol–water partition coefficient (Wildman–Crippen LogP) is 3.26. The summed E-state index contributed by atoms with van der Waals surface area (Å²) < 4.78 is 0. The average molecular weight is 368 g/mol. The number of non-ortho nitro benzene ring substituents is 1. The number of nitrogens with zero attached hydrogens (tertiary/aromatic N) is 2. The normalized spacial score (nSPS) is 13.0. The van der Waals surface area contributed by atoms with Gasteiger partial charge in [-0.25, -0.2) is 0 Å². The largest absolute Gasteiger partial charge is 0.377 e. The van der Waals surface area contributed by atoms with Crippen LogP contribution in [0.1, 0.15) is 23.2 Å². The Kier molecular flexibility index (Phi) is 5.07. The number of rotatable bonds is 6. The van der Waals surface area contributed by atoms with Crippen molar-refractivity contribution in [3.8, 4) is 0 Å². The maximum absolute atomic E-state index is 12.6. The lowest BCUT2D eigenvalue weighted by molar-refractivity contribution is -0.384. The lowest BCUT2D eigenvalue weighted by Gasteiger charge is -2.17. The first-order valence-electron chi connectivity index (χ1n) is 8.53. The van der Waals surface area contributed by atoms with E-state index in [9.17, 15) is 19.7 Å². The molecule has 2 amide bonds. The molecule has 0 bridgehead atoms. The Morgan fingerprint density at radius 2 is 1.63 bits per heavy atom. The molecule has 2 aromatic carbocycles. The van der Waals surface area contributed by atoms with E-state index in [1.165, 1.54) is 12.1 Å². The first kappa shape index (κ1) is 18.4. The molecule has 2 N–H and O–H groups in total. The van der Waals surface area contributed by atoms with Gasteiger partial charge in [0.2, 0.25) is 5.91 Å². The van der Waals surface area contributed by atoms with Crippen LogP contribution in [0.5, 0.6) is 0 Å². The van der Waals surface area contributed by atoms with Gasteiger partial charge in [-0.15, -0.1) is 0 Å². The highest BCUT2D eigenvalue weighted by Gasteiger charge is 2.29. The van der Waals surface area contributed by atoms with Gasteiger partial charge < -0.3 is 15.5 Å². The molecule has 0 unspecified atom stereocenters. The van der Waals surface area contributed by atoms with Gasteiger partial charge in [-0.05, 0) is 43.2 Å². The Balaban J connectivity index is 1.75. The van der Waals surface area contributed by atoms with Crippen molar-refractivity contribution in [3.05, 3.63) is 58.1 Å². The number of carbonyl (C=O) groups excluding carboxylic acids is 2. The van der Waals surface area contributed by atoms with E-state index in [0.717, 1.165) is 12.8 Å². The Morgan fingerprint density at radius 3 is 2.15 bits per heavy atom. The van der Waals surface area contributed by atoms with Crippen molar-refractivity contribution < 1.29 is 14.5 Å². The van der Waals surface area contributed by atoms with Crippen molar-refractivity contribution in [1.82, 2.24) is 0 Å². The summed E-state index contributed by atoms with van der Waals surface area (Å²) in [6.45, 7) is 0. The SMILES string of the molecule is CN(C)c1ccc([N+](=O)[O-])cc1C(=O)Nc1ccc(NC(=O)C2CC2)cc1. The Bertz CT molecular complexity index is 889. The number of nitro benzene ring substituents is 1. The Hall–Kier alpha value is -3.42. The zero-order chi connectivity index (χ0) is 19.6. The second-order valence-corrected chi connectivity index (χ2v) is 6.65. The summed E-state index contributed by atoms with van der Waals surface area (Å²) in [4.78, 5) is 36.6. The highest BCUT2D eigenvalue weighted by Crippen LogP contribution is 2.30. The standard InChI is InChI=1S/C19H20N4O4/c1-22(2)17-10-9-15(23(26)27)11-16(17)19(25)21-14-7-5-13(6-8-14)20-18(24)12-3-4-12/h5-12H,3-4H2,1-2H3,(H,20,24)(H,21,25). The number of amides is 2. The van der Waals surface area contributed by atoms with E-state index in [1.807, 2.05) is 0 Å².